The average molecular weight is 182 g/mol. The lowest BCUT2D eigenvalue weighted by Crippen LogP contribution is -2.44. The van der Waals surface area contributed by atoms with Gasteiger partial charge in [0, 0.05) is 5.41 Å². The van der Waals surface area contributed by atoms with Gasteiger partial charge in [-0.1, -0.05) is 47.5 Å². The second-order valence-corrected chi connectivity index (χ2v) is 5.99. The number of hydrogen-bond acceptors (Lipinski definition) is 1. The van der Waals surface area contributed by atoms with Crippen LogP contribution in [0.25, 0.3) is 0 Å². The maximum Gasteiger partial charge on any atom is 0.130 e. The molecule has 0 radical (unpaired) electrons. The fourth-order valence-corrected chi connectivity index (χ4v) is 1.30. The molecule has 0 aromatic carbocycles. The Balaban J connectivity index is 4.81. The van der Waals surface area contributed by atoms with Crippen LogP contribution in [0.3, 0.4) is 0 Å². The second kappa shape index (κ2) is 3.35. The third kappa shape index (κ3) is 3.40. The molecule has 0 fully saturated rings. The van der Waals surface area contributed by atoms with Gasteiger partial charge in [-0.25, -0.2) is 0 Å². The van der Waals surface area contributed by atoms with Crippen molar-refractivity contribution in [2.75, 3.05) is 0 Å². The molecule has 76 valence electrons. The van der Waals surface area contributed by atoms with Crippen molar-refractivity contribution in [3.05, 3.63) is 0 Å². The highest BCUT2D eigenvalue weighted by molar-refractivity contribution is 5.14. The minimum atomic E-state index is -1.01. The molecule has 0 spiro atoms. The second-order valence-electron chi connectivity index (χ2n) is 5.99. The van der Waals surface area contributed by atoms with E-state index in [1.54, 1.807) is 0 Å². The van der Waals surface area contributed by atoms with Gasteiger partial charge in [-0.05, 0) is 11.8 Å². The van der Waals surface area contributed by atoms with Gasteiger partial charge < -0.3 is 5.11 Å². The van der Waals surface area contributed by atoms with Gasteiger partial charge in [-0.3, -0.25) is 0 Å². The number of rotatable bonds is 1. The molecule has 0 saturated heterocycles. The lowest BCUT2D eigenvalue weighted by molar-refractivity contribution is -0.0350. The summed E-state index contributed by atoms with van der Waals surface area (Å²) in [5.74, 6) is 2.53. The van der Waals surface area contributed by atoms with Gasteiger partial charge in [0.2, 0.25) is 0 Å². The quantitative estimate of drug-likeness (QED) is 0.618. The summed E-state index contributed by atoms with van der Waals surface area (Å²) in [7, 11) is 0. The van der Waals surface area contributed by atoms with Crippen molar-refractivity contribution in [3.8, 4) is 12.3 Å². The molecule has 0 aliphatic rings. The van der Waals surface area contributed by atoms with Crippen LogP contribution in [0, 0.1) is 23.2 Å². The van der Waals surface area contributed by atoms with Crippen LogP contribution < -0.4 is 0 Å². The monoisotopic (exact) mass is 182 g/mol. The van der Waals surface area contributed by atoms with Gasteiger partial charge in [0.15, 0.2) is 0 Å². The lowest BCUT2D eigenvalue weighted by atomic mass is 9.69. The molecule has 0 bridgehead atoms. The van der Waals surface area contributed by atoms with Crippen molar-refractivity contribution in [2.24, 2.45) is 10.8 Å². The van der Waals surface area contributed by atoms with E-state index < -0.39 is 5.60 Å². The molecule has 0 saturated carbocycles. The molecule has 1 N–H and O–H groups in total. The van der Waals surface area contributed by atoms with Crippen LogP contribution in [-0.2, 0) is 0 Å². The molecule has 0 heterocycles. The lowest BCUT2D eigenvalue weighted by Gasteiger charge is -2.40. The van der Waals surface area contributed by atoms with Crippen LogP contribution in [0.5, 0.6) is 0 Å². The van der Waals surface area contributed by atoms with Crippen LogP contribution >= 0.6 is 0 Å². The first kappa shape index (κ1) is 12.5. The molecule has 1 atom stereocenters. The van der Waals surface area contributed by atoms with Gasteiger partial charge in [0.1, 0.15) is 5.60 Å². The van der Waals surface area contributed by atoms with Crippen LogP contribution in [-0.4, -0.2) is 10.7 Å². The molecule has 1 unspecified atom stereocenters. The van der Waals surface area contributed by atoms with Crippen molar-refractivity contribution in [2.45, 2.75) is 53.6 Å². The summed E-state index contributed by atoms with van der Waals surface area (Å²) in [6.45, 7) is 12.2. The number of hydrogen-bond donors (Lipinski definition) is 1. The zero-order valence-corrected chi connectivity index (χ0v) is 9.73. The van der Waals surface area contributed by atoms with E-state index in [0.717, 1.165) is 0 Å². The van der Waals surface area contributed by atoms with Gasteiger partial charge in [0.05, 0.1) is 0 Å². The smallest absolute Gasteiger partial charge is 0.130 e. The summed E-state index contributed by atoms with van der Waals surface area (Å²) in [5, 5.41) is 10.3. The summed E-state index contributed by atoms with van der Waals surface area (Å²) < 4.78 is 0. The Labute approximate surface area is 82.5 Å². The van der Waals surface area contributed by atoms with E-state index in [0.29, 0.717) is 6.42 Å². The zero-order chi connectivity index (χ0) is 10.9. The molecule has 0 aliphatic carbocycles. The molecule has 13 heavy (non-hydrogen) atoms. The van der Waals surface area contributed by atoms with Crippen LogP contribution in [0.2, 0.25) is 0 Å². The molecule has 0 aromatic heterocycles. The first-order chi connectivity index (χ1) is 5.52. The Bertz CT molecular complexity index is 209. The van der Waals surface area contributed by atoms with Crippen molar-refractivity contribution in [1.82, 2.24) is 0 Å². The van der Waals surface area contributed by atoms with E-state index in [1.807, 2.05) is 20.8 Å². The molecule has 1 nitrogen and oxygen atoms in total. The maximum atomic E-state index is 10.3. The molecule has 0 aromatic rings. The third-order valence-corrected chi connectivity index (χ3v) is 2.27. The molecule has 0 rings (SSSR count). The molecule has 0 amide bonds. The van der Waals surface area contributed by atoms with E-state index in [1.165, 1.54) is 0 Å². The minimum absolute atomic E-state index is 0.0500. The van der Waals surface area contributed by atoms with Crippen molar-refractivity contribution in [1.29, 1.82) is 0 Å². The van der Waals surface area contributed by atoms with Gasteiger partial charge in [-0.15, -0.1) is 6.42 Å². The predicted molar refractivity (Wildman–Crippen MR) is 57.3 cm³/mol. The van der Waals surface area contributed by atoms with Crippen molar-refractivity contribution >= 4 is 0 Å². The summed E-state index contributed by atoms with van der Waals surface area (Å²) in [6.07, 6.45) is 6.03. The molecule has 1 heteroatoms. The Kier molecular flexibility index (Phi) is 3.22. The normalized spacial score (nSPS) is 17.7. The Morgan fingerprint density at radius 3 is 1.54 bits per heavy atom. The van der Waals surface area contributed by atoms with Gasteiger partial charge in [0.25, 0.3) is 0 Å². The topological polar surface area (TPSA) is 20.2 Å². The summed E-state index contributed by atoms with van der Waals surface area (Å²) in [4.78, 5) is 0. The van der Waals surface area contributed by atoms with Gasteiger partial charge in [-0.2, -0.15) is 0 Å². The van der Waals surface area contributed by atoms with E-state index >= 15 is 0 Å². The fraction of sp³-hybridized carbons (Fsp3) is 0.833. The Morgan fingerprint density at radius 1 is 1.08 bits per heavy atom. The average Bonchev–Trinajstić information content (AvgIpc) is 1.81. The SMILES string of the molecule is C#CC(O)(CC(C)(C)C)C(C)(C)C. The van der Waals surface area contributed by atoms with E-state index in [9.17, 15) is 5.11 Å². The van der Waals surface area contributed by atoms with E-state index in [2.05, 4.69) is 26.7 Å². The standard InChI is InChI=1S/C12H22O/c1-8-12(13,11(5,6)7)9-10(2,3)4/h1,13H,9H2,2-7H3. The van der Waals surface area contributed by atoms with E-state index in [4.69, 9.17) is 6.42 Å². The van der Waals surface area contributed by atoms with Crippen LogP contribution in [0.1, 0.15) is 48.0 Å². The third-order valence-electron chi connectivity index (χ3n) is 2.27. The molecule has 0 aliphatic heterocycles. The van der Waals surface area contributed by atoms with Crippen LogP contribution in [0.4, 0.5) is 0 Å². The first-order valence-electron chi connectivity index (χ1n) is 4.72. The maximum absolute atomic E-state index is 10.3. The Morgan fingerprint density at radius 2 is 1.46 bits per heavy atom. The summed E-state index contributed by atoms with van der Waals surface area (Å²) >= 11 is 0. The largest absolute Gasteiger partial charge is 0.377 e. The zero-order valence-electron chi connectivity index (χ0n) is 9.73. The van der Waals surface area contributed by atoms with Crippen LogP contribution in [0.15, 0.2) is 0 Å². The highest BCUT2D eigenvalue weighted by atomic mass is 16.3. The number of terminal acetylenes is 1. The van der Waals surface area contributed by atoms with Crippen molar-refractivity contribution in [3.63, 3.8) is 0 Å². The van der Waals surface area contributed by atoms with Crippen molar-refractivity contribution < 1.29 is 5.11 Å². The minimum Gasteiger partial charge on any atom is -0.377 e. The highest BCUT2D eigenvalue weighted by Crippen LogP contribution is 2.38. The first-order valence-corrected chi connectivity index (χ1v) is 4.72. The molecular formula is C12H22O. The number of aliphatic hydroxyl groups is 1. The fourth-order valence-electron chi connectivity index (χ4n) is 1.30. The molecular weight excluding hydrogens is 160 g/mol. The highest BCUT2D eigenvalue weighted by Gasteiger charge is 2.41. The Hall–Kier alpha value is -0.480. The predicted octanol–water partition coefficient (Wildman–Crippen LogP) is 2.83. The summed E-state index contributed by atoms with van der Waals surface area (Å²) in [5.41, 5.74) is -1.23. The van der Waals surface area contributed by atoms with Gasteiger partial charge >= 0.3 is 0 Å². The van der Waals surface area contributed by atoms with E-state index in [-0.39, 0.29) is 10.8 Å². The summed E-state index contributed by atoms with van der Waals surface area (Å²) in [6, 6.07) is 0.